The molecule has 2 aromatic heterocycles. The number of fused-ring (bicyclic) bond motifs is 2. The average molecular weight is 485 g/mol. The smallest absolute Gasteiger partial charge is 0.431 e. The van der Waals surface area contributed by atoms with E-state index in [1.807, 2.05) is 27.8 Å². The van der Waals surface area contributed by atoms with Gasteiger partial charge in [-0.25, -0.2) is 4.98 Å². The largest absolute Gasteiger partial charge is 0.489 e. The van der Waals surface area contributed by atoms with Crippen molar-refractivity contribution in [2.24, 2.45) is 0 Å². The molecule has 6 nitrogen and oxygen atoms in total. The molecule has 2 aliphatic heterocycles. The third-order valence-corrected chi connectivity index (χ3v) is 6.98. The first-order chi connectivity index (χ1) is 15.4. The van der Waals surface area contributed by atoms with Gasteiger partial charge in [0.1, 0.15) is 17.1 Å². The molecule has 33 heavy (non-hydrogen) atoms. The van der Waals surface area contributed by atoms with Gasteiger partial charge in [0.05, 0.1) is 28.6 Å². The number of amides is 1. The van der Waals surface area contributed by atoms with E-state index in [1.54, 1.807) is 17.2 Å². The summed E-state index contributed by atoms with van der Waals surface area (Å²) in [7, 11) is 1.91. The van der Waals surface area contributed by atoms with Gasteiger partial charge in [0.25, 0.3) is 5.91 Å². The molecule has 0 atom stereocenters. The van der Waals surface area contributed by atoms with E-state index in [9.17, 15) is 18.0 Å². The van der Waals surface area contributed by atoms with Crippen LogP contribution in [0.2, 0.25) is 5.02 Å². The third kappa shape index (κ3) is 4.21. The number of nitrogens with zero attached hydrogens (tertiary/aromatic N) is 4. The van der Waals surface area contributed by atoms with Gasteiger partial charge in [0.2, 0.25) is 0 Å². The van der Waals surface area contributed by atoms with E-state index < -0.39 is 17.4 Å². The minimum Gasteiger partial charge on any atom is -0.489 e. The van der Waals surface area contributed by atoms with Crippen molar-refractivity contribution in [3.8, 4) is 5.75 Å². The van der Waals surface area contributed by atoms with E-state index in [4.69, 9.17) is 16.3 Å². The first-order valence-corrected chi connectivity index (χ1v) is 11.4. The Balaban J connectivity index is 1.56. The molecule has 4 heterocycles. The molecule has 2 aliphatic rings. The standard InChI is InChI=1S/C23H28ClF3N4O2/c1-14(2)33-18-13-28-17(11-15(18)3)21(32)30-7-5-22(6-8-30)20-16(24)12-19(23(25,26)27)31(20)10-9-29(22)4/h11-14H,5-10H2,1-4H3. The number of halogens is 4. The Morgan fingerprint density at radius 2 is 1.85 bits per heavy atom. The van der Waals surface area contributed by atoms with Gasteiger partial charge in [-0.1, -0.05) is 11.6 Å². The Morgan fingerprint density at radius 3 is 2.42 bits per heavy atom. The summed E-state index contributed by atoms with van der Waals surface area (Å²) in [5.74, 6) is 0.443. The van der Waals surface area contributed by atoms with Gasteiger partial charge in [-0.05, 0) is 58.4 Å². The lowest BCUT2D eigenvalue weighted by molar-refractivity contribution is -0.144. The zero-order valence-corrected chi connectivity index (χ0v) is 19.9. The summed E-state index contributed by atoms with van der Waals surface area (Å²) < 4.78 is 47.7. The van der Waals surface area contributed by atoms with Crippen molar-refractivity contribution in [3.05, 3.63) is 46.0 Å². The number of pyridine rings is 1. The highest BCUT2D eigenvalue weighted by atomic mass is 35.5. The SMILES string of the molecule is Cc1cc(C(=O)N2CCC3(CC2)c2c(Cl)cc(C(F)(F)F)n2CCN3C)ncc1OC(C)C. The molecule has 2 aromatic rings. The molecular weight excluding hydrogens is 457 g/mol. The van der Waals surface area contributed by atoms with Crippen molar-refractivity contribution in [3.63, 3.8) is 0 Å². The third-order valence-electron chi connectivity index (χ3n) is 6.69. The number of hydrogen-bond acceptors (Lipinski definition) is 4. The second-order valence-corrected chi connectivity index (χ2v) is 9.53. The number of likely N-dealkylation sites (N-methyl/N-ethyl adjacent to an activating group) is 1. The highest BCUT2D eigenvalue weighted by Crippen LogP contribution is 2.47. The maximum Gasteiger partial charge on any atom is 0.431 e. The van der Waals surface area contributed by atoms with Crippen LogP contribution in [0.1, 0.15) is 54.1 Å². The second kappa shape index (κ2) is 8.51. The van der Waals surface area contributed by atoms with Gasteiger partial charge in [0.15, 0.2) is 0 Å². The summed E-state index contributed by atoms with van der Waals surface area (Å²) >= 11 is 6.37. The van der Waals surface area contributed by atoms with Crippen molar-refractivity contribution >= 4 is 17.5 Å². The molecule has 0 saturated carbocycles. The molecule has 0 aliphatic carbocycles. The summed E-state index contributed by atoms with van der Waals surface area (Å²) in [6, 6.07) is 2.75. The number of likely N-dealkylation sites (tertiary alicyclic amines) is 1. The number of carbonyl (C=O) groups excluding carboxylic acids is 1. The lowest BCUT2D eigenvalue weighted by Crippen LogP contribution is -2.57. The minimum atomic E-state index is -4.47. The van der Waals surface area contributed by atoms with Crippen LogP contribution in [0.15, 0.2) is 18.3 Å². The number of hydrogen-bond donors (Lipinski definition) is 0. The molecule has 1 amide bonds. The van der Waals surface area contributed by atoms with Gasteiger partial charge in [-0.15, -0.1) is 0 Å². The zero-order chi connectivity index (χ0) is 24.1. The fourth-order valence-electron chi connectivity index (χ4n) is 5.00. The van der Waals surface area contributed by atoms with Crippen molar-refractivity contribution in [1.29, 1.82) is 0 Å². The summed E-state index contributed by atoms with van der Waals surface area (Å²) in [6.45, 7) is 7.22. The molecule has 1 spiro atoms. The minimum absolute atomic E-state index is 0.00134. The maximum absolute atomic E-state index is 13.6. The molecule has 0 bridgehead atoms. The van der Waals surface area contributed by atoms with Crippen LogP contribution >= 0.6 is 11.6 Å². The number of aromatic nitrogens is 2. The van der Waals surface area contributed by atoms with Gasteiger partial charge in [-0.2, -0.15) is 13.2 Å². The lowest BCUT2D eigenvalue weighted by Gasteiger charge is -2.50. The van der Waals surface area contributed by atoms with Crippen molar-refractivity contribution in [2.45, 2.75) is 58.0 Å². The van der Waals surface area contributed by atoms with Crippen LogP contribution in [-0.4, -0.2) is 58.0 Å². The Morgan fingerprint density at radius 1 is 1.18 bits per heavy atom. The van der Waals surface area contributed by atoms with Crippen molar-refractivity contribution < 1.29 is 22.7 Å². The lowest BCUT2D eigenvalue weighted by atomic mass is 9.81. The van der Waals surface area contributed by atoms with Gasteiger partial charge < -0.3 is 14.2 Å². The first kappa shape index (κ1) is 23.9. The maximum atomic E-state index is 13.6. The number of aryl methyl sites for hydroxylation is 1. The average Bonchev–Trinajstić information content (AvgIpc) is 3.10. The van der Waals surface area contributed by atoms with Crippen molar-refractivity contribution in [1.82, 2.24) is 19.4 Å². The number of rotatable bonds is 3. The van der Waals surface area contributed by atoms with Crippen LogP contribution in [0.4, 0.5) is 13.2 Å². The quantitative estimate of drug-likeness (QED) is 0.632. The van der Waals surface area contributed by atoms with Gasteiger partial charge >= 0.3 is 6.18 Å². The van der Waals surface area contributed by atoms with Gasteiger partial charge in [-0.3, -0.25) is 9.69 Å². The number of carbonyl (C=O) groups is 1. The predicted molar refractivity (Wildman–Crippen MR) is 119 cm³/mol. The second-order valence-electron chi connectivity index (χ2n) is 9.12. The zero-order valence-electron chi connectivity index (χ0n) is 19.2. The number of alkyl halides is 3. The number of ether oxygens (including phenoxy) is 1. The Hall–Kier alpha value is -2.26. The topological polar surface area (TPSA) is 50.6 Å². The molecule has 1 saturated heterocycles. The molecule has 1 fully saturated rings. The molecule has 10 heteroatoms. The Labute approximate surface area is 196 Å². The molecule has 4 rings (SSSR count). The van der Waals surface area contributed by atoms with E-state index in [0.717, 1.165) is 11.6 Å². The summed E-state index contributed by atoms with van der Waals surface area (Å²) in [4.78, 5) is 21.2. The van der Waals surface area contributed by atoms with E-state index in [0.29, 0.717) is 49.6 Å². The highest BCUT2D eigenvalue weighted by molar-refractivity contribution is 6.31. The first-order valence-electron chi connectivity index (χ1n) is 11.0. The summed E-state index contributed by atoms with van der Waals surface area (Å²) in [5.41, 5.74) is 0.302. The molecule has 0 radical (unpaired) electrons. The summed E-state index contributed by atoms with van der Waals surface area (Å²) in [6.07, 6.45) is -1.92. The molecular formula is C23H28ClF3N4O2. The monoisotopic (exact) mass is 484 g/mol. The van der Waals surface area contributed by atoms with Crippen LogP contribution in [0.5, 0.6) is 5.75 Å². The van der Waals surface area contributed by atoms with Crippen LogP contribution in [0.3, 0.4) is 0 Å². The highest BCUT2D eigenvalue weighted by Gasteiger charge is 2.49. The molecule has 0 aromatic carbocycles. The molecule has 180 valence electrons. The fraction of sp³-hybridized carbons (Fsp3) is 0.565. The van der Waals surface area contributed by atoms with Crippen LogP contribution < -0.4 is 4.74 Å². The molecule has 0 N–H and O–H groups in total. The Bertz CT molecular complexity index is 1060. The van der Waals surface area contributed by atoms with E-state index in [2.05, 4.69) is 9.88 Å². The fourth-order valence-corrected chi connectivity index (χ4v) is 5.38. The van der Waals surface area contributed by atoms with E-state index in [-0.39, 0.29) is 23.6 Å². The Kier molecular flexibility index (Phi) is 6.16. The number of piperidine rings is 1. The predicted octanol–water partition coefficient (Wildman–Crippen LogP) is 4.73. The molecule has 0 unspecified atom stereocenters. The summed E-state index contributed by atoms with van der Waals surface area (Å²) in [5, 5.41) is 0.131. The van der Waals surface area contributed by atoms with E-state index in [1.165, 1.54) is 4.57 Å². The van der Waals surface area contributed by atoms with Crippen LogP contribution in [-0.2, 0) is 18.3 Å². The van der Waals surface area contributed by atoms with Crippen LogP contribution in [0.25, 0.3) is 0 Å². The van der Waals surface area contributed by atoms with Gasteiger partial charge in [0, 0.05) is 26.2 Å². The van der Waals surface area contributed by atoms with Crippen molar-refractivity contribution in [2.75, 3.05) is 26.7 Å². The van der Waals surface area contributed by atoms with E-state index >= 15 is 0 Å². The van der Waals surface area contributed by atoms with Crippen LogP contribution in [0, 0.1) is 6.92 Å². The normalized spacial score (nSPS) is 18.6.